The predicted octanol–water partition coefficient (Wildman–Crippen LogP) is 2.68. The van der Waals surface area contributed by atoms with Crippen LogP contribution in [0.1, 0.15) is 5.56 Å². The molecule has 0 spiro atoms. The molecule has 1 aliphatic heterocycles. The van der Waals surface area contributed by atoms with Crippen LogP contribution in [0.5, 0.6) is 0 Å². The number of nitrogens with zero attached hydrogens (tertiary/aromatic N) is 5. The van der Waals surface area contributed by atoms with Crippen LogP contribution in [0.15, 0.2) is 59.8 Å². The molecule has 4 aromatic rings. The first-order chi connectivity index (χ1) is 14.6. The number of fused-ring (bicyclic) bond motifs is 2. The van der Waals surface area contributed by atoms with Crippen molar-refractivity contribution in [2.24, 2.45) is 0 Å². The number of anilines is 2. The SMILES string of the molecule is O=c1ccc(-c2ccc3ncnc(N4CCc5cc(F)ccc54)c3n2)cn1CCO. The molecule has 150 valence electrons. The lowest BCUT2D eigenvalue weighted by Gasteiger charge is -2.19. The van der Waals surface area contributed by atoms with Crippen LogP contribution in [-0.2, 0) is 13.0 Å². The highest BCUT2D eigenvalue weighted by molar-refractivity contribution is 5.90. The van der Waals surface area contributed by atoms with Gasteiger partial charge < -0.3 is 14.6 Å². The molecule has 0 saturated heterocycles. The Balaban J connectivity index is 1.63. The van der Waals surface area contributed by atoms with E-state index in [9.17, 15) is 14.3 Å². The zero-order chi connectivity index (χ0) is 20.7. The highest BCUT2D eigenvalue weighted by atomic mass is 19.1. The first-order valence-corrected chi connectivity index (χ1v) is 9.63. The number of benzene rings is 1. The van der Waals surface area contributed by atoms with Crippen molar-refractivity contribution in [3.8, 4) is 11.3 Å². The second kappa shape index (κ2) is 7.31. The van der Waals surface area contributed by atoms with Gasteiger partial charge in [-0.15, -0.1) is 0 Å². The molecule has 0 aliphatic carbocycles. The lowest BCUT2D eigenvalue weighted by molar-refractivity contribution is 0.274. The molecule has 1 aromatic carbocycles. The third-order valence-electron chi connectivity index (χ3n) is 5.28. The zero-order valence-corrected chi connectivity index (χ0v) is 16.0. The van der Waals surface area contributed by atoms with E-state index >= 15 is 0 Å². The molecule has 4 heterocycles. The Morgan fingerprint density at radius 3 is 2.87 bits per heavy atom. The molecule has 0 saturated carbocycles. The van der Waals surface area contributed by atoms with Gasteiger partial charge in [-0.3, -0.25) is 4.79 Å². The molecule has 8 heteroatoms. The third kappa shape index (κ3) is 3.11. The largest absolute Gasteiger partial charge is 0.395 e. The molecular formula is C22H18FN5O2. The minimum Gasteiger partial charge on any atom is -0.395 e. The van der Waals surface area contributed by atoms with Crippen LogP contribution in [0, 0.1) is 5.82 Å². The van der Waals surface area contributed by atoms with Gasteiger partial charge >= 0.3 is 0 Å². The van der Waals surface area contributed by atoms with Gasteiger partial charge in [0.05, 0.1) is 17.8 Å². The van der Waals surface area contributed by atoms with Crippen molar-refractivity contribution in [2.75, 3.05) is 18.1 Å². The Kier molecular flexibility index (Phi) is 4.48. The summed E-state index contributed by atoms with van der Waals surface area (Å²) in [5, 5.41) is 9.18. The maximum atomic E-state index is 13.6. The van der Waals surface area contributed by atoms with Crippen LogP contribution in [0.4, 0.5) is 15.9 Å². The molecule has 0 unspecified atom stereocenters. The van der Waals surface area contributed by atoms with E-state index in [1.54, 1.807) is 24.4 Å². The summed E-state index contributed by atoms with van der Waals surface area (Å²) < 4.78 is 15.1. The molecule has 0 amide bonds. The van der Waals surface area contributed by atoms with Crippen molar-refractivity contribution in [1.82, 2.24) is 19.5 Å². The van der Waals surface area contributed by atoms with Gasteiger partial charge in [0.15, 0.2) is 5.82 Å². The monoisotopic (exact) mass is 403 g/mol. The highest BCUT2D eigenvalue weighted by Gasteiger charge is 2.24. The Bertz CT molecular complexity index is 1320. The molecule has 0 atom stereocenters. The van der Waals surface area contributed by atoms with Gasteiger partial charge in [-0.1, -0.05) is 0 Å². The number of aliphatic hydroxyl groups is 1. The molecule has 0 fully saturated rings. The van der Waals surface area contributed by atoms with E-state index in [-0.39, 0.29) is 24.5 Å². The first-order valence-electron chi connectivity index (χ1n) is 9.63. The molecule has 7 nitrogen and oxygen atoms in total. The summed E-state index contributed by atoms with van der Waals surface area (Å²) in [7, 11) is 0. The highest BCUT2D eigenvalue weighted by Crippen LogP contribution is 2.36. The van der Waals surface area contributed by atoms with Gasteiger partial charge in [0, 0.05) is 36.6 Å². The maximum absolute atomic E-state index is 13.6. The van der Waals surface area contributed by atoms with E-state index in [4.69, 9.17) is 4.98 Å². The predicted molar refractivity (Wildman–Crippen MR) is 111 cm³/mol. The Hall–Kier alpha value is -3.65. The van der Waals surface area contributed by atoms with Gasteiger partial charge in [0.25, 0.3) is 5.56 Å². The number of hydrogen-bond donors (Lipinski definition) is 1. The minimum atomic E-state index is -0.249. The van der Waals surface area contributed by atoms with E-state index in [0.717, 1.165) is 23.2 Å². The lowest BCUT2D eigenvalue weighted by atomic mass is 10.1. The zero-order valence-electron chi connectivity index (χ0n) is 16.0. The van der Waals surface area contributed by atoms with Gasteiger partial charge in [0.2, 0.25) is 0 Å². The molecular weight excluding hydrogens is 385 g/mol. The average molecular weight is 403 g/mol. The number of rotatable bonds is 4. The Morgan fingerprint density at radius 1 is 1.10 bits per heavy atom. The summed E-state index contributed by atoms with van der Waals surface area (Å²) in [6.45, 7) is 0.773. The van der Waals surface area contributed by atoms with Gasteiger partial charge in [-0.2, -0.15) is 0 Å². The van der Waals surface area contributed by atoms with Crippen molar-refractivity contribution in [3.63, 3.8) is 0 Å². The van der Waals surface area contributed by atoms with Crippen molar-refractivity contribution in [1.29, 1.82) is 0 Å². The van der Waals surface area contributed by atoms with Gasteiger partial charge in [-0.25, -0.2) is 19.3 Å². The van der Waals surface area contributed by atoms with E-state index in [2.05, 4.69) is 9.97 Å². The average Bonchev–Trinajstić information content (AvgIpc) is 3.17. The summed E-state index contributed by atoms with van der Waals surface area (Å²) in [5.41, 5.74) is 4.43. The fourth-order valence-electron chi connectivity index (χ4n) is 3.84. The maximum Gasteiger partial charge on any atom is 0.250 e. The number of hydrogen-bond acceptors (Lipinski definition) is 6. The molecule has 1 aliphatic rings. The van der Waals surface area contributed by atoms with Crippen molar-refractivity contribution >= 4 is 22.5 Å². The fraction of sp³-hybridized carbons (Fsp3) is 0.182. The lowest BCUT2D eigenvalue weighted by Crippen LogP contribution is -2.20. The molecule has 0 radical (unpaired) electrons. The topological polar surface area (TPSA) is 84.1 Å². The molecule has 30 heavy (non-hydrogen) atoms. The fourth-order valence-corrected chi connectivity index (χ4v) is 3.84. The van der Waals surface area contributed by atoms with Gasteiger partial charge in [-0.05, 0) is 48.4 Å². The summed E-state index contributed by atoms with van der Waals surface area (Å²) >= 11 is 0. The van der Waals surface area contributed by atoms with Crippen molar-refractivity contribution < 1.29 is 9.50 Å². The van der Waals surface area contributed by atoms with Crippen LogP contribution in [0.25, 0.3) is 22.3 Å². The minimum absolute atomic E-state index is 0.124. The summed E-state index contributed by atoms with van der Waals surface area (Å²) in [6, 6.07) is 11.7. The van der Waals surface area contributed by atoms with Crippen LogP contribution in [0.2, 0.25) is 0 Å². The van der Waals surface area contributed by atoms with E-state index in [1.165, 1.54) is 23.0 Å². The van der Waals surface area contributed by atoms with E-state index < -0.39 is 0 Å². The smallest absolute Gasteiger partial charge is 0.250 e. The van der Waals surface area contributed by atoms with Crippen molar-refractivity contribution in [3.05, 3.63) is 76.7 Å². The van der Waals surface area contributed by atoms with Crippen molar-refractivity contribution in [2.45, 2.75) is 13.0 Å². The number of aromatic nitrogens is 4. The molecule has 5 rings (SSSR count). The molecule has 0 bridgehead atoms. The first kappa shape index (κ1) is 18.4. The molecule has 1 N–H and O–H groups in total. The Labute approximate surface area is 171 Å². The Morgan fingerprint density at radius 2 is 2.00 bits per heavy atom. The second-order valence-electron chi connectivity index (χ2n) is 7.11. The molecule has 3 aromatic heterocycles. The van der Waals surface area contributed by atoms with Crippen LogP contribution in [-0.4, -0.2) is 37.8 Å². The standard InChI is InChI=1S/C22H18FN5O2/c23-16-2-5-19-14(11-16)7-8-28(19)22-21-18(24-13-25-22)4-3-17(26-21)15-1-6-20(30)27(12-15)9-10-29/h1-6,11-13,29H,7-10H2. The second-order valence-corrected chi connectivity index (χ2v) is 7.11. The van der Waals surface area contributed by atoms with E-state index in [0.29, 0.717) is 29.1 Å². The summed E-state index contributed by atoms with van der Waals surface area (Å²) in [6.07, 6.45) is 3.91. The van der Waals surface area contributed by atoms with Crippen LogP contribution in [0.3, 0.4) is 0 Å². The quantitative estimate of drug-likeness (QED) is 0.564. The normalized spacial score (nSPS) is 13.1. The number of aliphatic hydroxyl groups excluding tert-OH is 1. The summed E-state index contributed by atoms with van der Waals surface area (Å²) in [5.74, 6) is 0.414. The number of pyridine rings is 2. The third-order valence-corrected chi connectivity index (χ3v) is 5.28. The van der Waals surface area contributed by atoms with Crippen LogP contribution < -0.4 is 10.5 Å². The van der Waals surface area contributed by atoms with Crippen LogP contribution >= 0.6 is 0 Å². The summed E-state index contributed by atoms with van der Waals surface area (Å²) in [4.78, 5) is 27.6. The van der Waals surface area contributed by atoms with Gasteiger partial charge in [0.1, 0.15) is 17.7 Å². The van der Waals surface area contributed by atoms with E-state index in [1.807, 2.05) is 17.0 Å². The number of halogens is 1.